The number of nitrogens with zero attached hydrogens (tertiary/aromatic N) is 2. The molecule has 0 aromatic carbocycles. The van der Waals surface area contributed by atoms with Crippen molar-refractivity contribution in [1.82, 2.24) is 10.2 Å². The first-order chi connectivity index (χ1) is 9.13. The van der Waals surface area contributed by atoms with Gasteiger partial charge in [-0.2, -0.15) is 0 Å². The van der Waals surface area contributed by atoms with Gasteiger partial charge >= 0.3 is 5.97 Å². The average molecular weight is 269 g/mol. The van der Waals surface area contributed by atoms with Crippen molar-refractivity contribution >= 4 is 11.9 Å². The minimum absolute atomic E-state index is 0.0416. The second-order valence-corrected chi connectivity index (χ2v) is 5.10. The van der Waals surface area contributed by atoms with Gasteiger partial charge in [0.15, 0.2) is 5.96 Å². The number of carbonyl (C=O) groups is 1. The number of nitrogens with one attached hydrogen (secondary N) is 1. The normalized spacial score (nSPS) is 23.6. The maximum absolute atomic E-state index is 11.7. The van der Waals surface area contributed by atoms with Crippen LogP contribution in [-0.4, -0.2) is 50.1 Å². The van der Waals surface area contributed by atoms with Crippen LogP contribution in [0.2, 0.25) is 0 Å². The van der Waals surface area contributed by atoms with Gasteiger partial charge in [0.1, 0.15) is 0 Å². The van der Waals surface area contributed by atoms with E-state index in [9.17, 15) is 4.79 Å². The Balaban J connectivity index is 2.66. The third kappa shape index (κ3) is 4.40. The lowest BCUT2D eigenvalue weighted by molar-refractivity contribution is -0.145. The van der Waals surface area contributed by atoms with Crippen molar-refractivity contribution in [2.24, 2.45) is 16.8 Å². The van der Waals surface area contributed by atoms with Crippen LogP contribution >= 0.6 is 0 Å². The van der Waals surface area contributed by atoms with Gasteiger partial charge in [-0.15, -0.1) is 0 Å². The van der Waals surface area contributed by atoms with E-state index in [1.807, 2.05) is 0 Å². The predicted molar refractivity (Wildman–Crippen MR) is 77.1 cm³/mol. The second-order valence-electron chi connectivity index (χ2n) is 5.10. The Hall–Kier alpha value is -1.26. The molecule has 0 saturated carbocycles. The van der Waals surface area contributed by atoms with Crippen molar-refractivity contribution < 1.29 is 9.53 Å². The second kappa shape index (κ2) is 8.02. The smallest absolute Gasteiger partial charge is 0.310 e. The summed E-state index contributed by atoms with van der Waals surface area (Å²) in [6.45, 7) is 9.56. The molecule has 1 aliphatic rings. The molecule has 1 saturated heterocycles. The molecule has 1 N–H and O–H groups in total. The maximum atomic E-state index is 11.7. The van der Waals surface area contributed by atoms with Crippen LogP contribution in [0.25, 0.3) is 0 Å². The Morgan fingerprint density at radius 1 is 1.42 bits per heavy atom. The van der Waals surface area contributed by atoms with E-state index >= 15 is 0 Å². The molecule has 1 heterocycles. The molecule has 1 aliphatic heterocycles. The summed E-state index contributed by atoms with van der Waals surface area (Å²) in [7, 11) is 1.46. The minimum Gasteiger partial charge on any atom is -0.469 e. The lowest BCUT2D eigenvalue weighted by Gasteiger charge is -2.21. The quantitative estimate of drug-likeness (QED) is 0.356. The van der Waals surface area contributed by atoms with Gasteiger partial charge in [0, 0.05) is 26.2 Å². The summed E-state index contributed by atoms with van der Waals surface area (Å²) in [5, 5.41) is 3.31. The summed E-state index contributed by atoms with van der Waals surface area (Å²) >= 11 is 0. The zero-order valence-corrected chi connectivity index (χ0v) is 12.6. The molecule has 5 heteroatoms. The summed E-state index contributed by atoms with van der Waals surface area (Å²) in [4.78, 5) is 18.5. The van der Waals surface area contributed by atoms with Gasteiger partial charge in [-0.05, 0) is 19.3 Å². The number of guanidine groups is 1. The summed E-state index contributed by atoms with van der Waals surface area (Å²) in [6, 6.07) is 0. The van der Waals surface area contributed by atoms with E-state index in [1.165, 1.54) is 7.11 Å². The third-order valence-electron chi connectivity index (χ3n) is 3.52. The monoisotopic (exact) mass is 269 g/mol. The van der Waals surface area contributed by atoms with Crippen molar-refractivity contribution in [2.75, 3.05) is 33.3 Å². The van der Waals surface area contributed by atoms with Gasteiger partial charge < -0.3 is 15.0 Å². The lowest BCUT2D eigenvalue weighted by Crippen LogP contribution is -2.40. The summed E-state index contributed by atoms with van der Waals surface area (Å²) in [5.74, 6) is 1.08. The first-order valence-corrected chi connectivity index (χ1v) is 7.25. The predicted octanol–water partition coefficient (Wildman–Crippen LogP) is 1.49. The highest BCUT2D eigenvalue weighted by Gasteiger charge is 2.36. The van der Waals surface area contributed by atoms with E-state index in [0.717, 1.165) is 38.4 Å². The van der Waals surface area contributed by atoms with E-state index < -0.39 is 0 Å². The zero-order valence-electron chi connectivity index (χ0n) is 12.6. The van der Waals surface area contributed by atoms with Crippen molar-refractivity contribution in [1.29, 1.82) is 0 Å². The number of ether oxygens (including phenoxy) is 1. The molecule has 0 aliphatic carbocycles. The van der Waals surface area contributed by atoms with Gasteiger partial charge in [0.2, 0.25) is 0 Å². The number of rotatable bonds is 5. The van der Waals surface area contributed by atoms with Crippen molar-refractivity contribution in [3.8, 4) is 0 Å². The molecule has 19 heavy (non-hydrogen) atoms. The summed E-state index contributed by atoms with van der Waals surface area (Å²) in [5.41, 5.74) is 0. The van der Waals surface area contributed by atoms with Crippen LogP contribution in [0.5, 0.6) is 0 Å². The van der Waals surface area contributed by atoms with Crippen molar-refractivity contribution in [2.45, 2.75) is 33.6 Å². The lowest BCUT2D eigenvalue weighted by atomic mass is 9.99. The number of aliphatic imine (C=N–C) groups is 1. The molecular formula is C14H27N3O2. The SMILES string of the molecule is CCCCN=C(NCC)N1CC(C)C(C(=O)OC)C1. The van der Waals surface area contributed by atoms with Crippen LogP contribution < -0.4 is 5.32 Å². The van der Waals surface area contributed by atoms with E-state index in [0.29, 0.717) is 12.5 Å². The van der Waals surface area contributed by atoms with Crippen LogP contribution in [0.4, 0.5) is 0 Å². The van der Waals surface area contributed by atoms with Gasteiger partial charge in [0.05, 0.1) is 13.0 Å². The fourth-order valence-corrected chi connectivity index (χ4v) is 2.37. The molecule has 2 atom stereocenters. The van der Waals surface area contributed by atoms with E-state index in [-0.39, 0.29) is 11.9 Å². The standard InChI is InChI=1S/C14H27N3O2/c1-5-7-8-16-14(15-6-2)17-9-11(3)12(10-17)13(18)19-4/h11-12H,5-10H2,1-4H3,(H,15,16). The third-order valence-corrected chi connectivity index (χ3v) is 3.52. The highest BCUT2D eigenvalue weighted by Crippen LogP contribution is 2.24. The first-order valence-electron chi connectivity index (χ1n) is 7.25. The molecule has 0 spiro atoms. The fraction of sp³-hybridized carbons (Fsp3) is 0.857. The van der Waals surface area contributed by atoms with Gasteiger partial charge in [-0.3, -0.25) is 9.79 Å². The zero-order chi connectivity index (χ0) is 14.3. The van der Waals surface area contributed by atoms with Gasteiger partial charge in [0.25, 0.3) is 0 Å². The number of likely N-dealkylation sites (tertiary alicyclic amines) is 1. The Kier molecular flexibility index (Phi) is 6.67. The van der Waals surface area contributed by atoms with Crippen molar-refractivity contribution in [3.63, 3.8) is 0 Å². The molecule has 0 aromatic heterocycles. The summed E-state index contributed by atoms with van der Waals surface area (Å²) in [6.07, 6.45) is 2.24. The number of hydrogen-bond acceptors (Lipinski definition) is 3. The van der Waals surface area contributed by atoms with Crippen LogP contribution in [0.15, 0.2) is 4.99 Å². The molecule has 1 rings (SSSR count). The highest BCUT2D eigenvalue weighted by atomic mass is 16.5. The van der Waals surface area contributed by atoms with Gasteiger partial charge in [-0.1, -0.05) is 20.3 Å². The highest BCUT2D eigenvalue weighted by molar-refractivity contribution is 5.82. The molecule has 5 nitrogen and oxygen atoms in total. The number of hydrogen-bond donors (Lipinski definition) is 1. The maximum Gasteiger partial charge on any atom is 0.310 e. The minimum atomic E-state index is -0.112. The molecule has 2 unspecified atom stereocenters. The van der Waals surface area contributed by atoms with E-state index in [2.05, 4.69) is 36.0 Å². The molecule has 0 bridgehead atoms. The Morgan fingerprint density at radius 2 is 2.16 bits per heavy atom. The van der Waals surface area contributed by atoms with Crippen LogP contribution in [0.1, 0.15) is 33.6 Å². The Morgan fingerprint density at radius 3 is 2.74 bits per heavy atom. The molecule has 110 valence electrons. The number of carbonyl (C=O) groups excluding carboxylic acids is 1. The Labute approximate surface area is 116 Å². The molecule has 0 amide bonds. The van der Waals surface area contributed by atoms with Crippen LogP contribution in [-0.2, 0) is 9.53 Å². The molecule has 0 aromatic rings. The molecule has 0 radical (unpaired) electrons. The first kappa shape index (κ1) is 15.8. The fourth-order valence-electron chi connectivity index (χ4n) is 2.37. The number of unbranched alkanes of at least 4 members (excludes halogenated alkanes) is 1. The van der Waals surface area contributed by atoms with Crippen LogP contribution in [0, 0.1) is 11.8 Å². The average Bonchev–Trinajstić information content (AvgIpc) is 2.79. The Bertz CT molecular complexity index is 318. The van der Waals surface area contributed by atoms with Gasteiger partial charge in [-0.25, -0.2) is 0 Å². The van der Waals surface area contributed by atoms with E-state index in [4.69, 9.17) is 4.74 Å². The number of esters is 1. The summed E-state index contributed by atoms with van der Waals surface area (Å²) < 4.78 is 4.87. The topological polar surface area (TPSA) is 53.9 Å². The van der Waals surface area contributed by atoms with Crippen molar-refractivity contribution in [3.05, 3.63) is 0 Å². The van der Waals surface area contributed by atoms with Crippen LogP contribution in [0.3, 0.4) is 0 Å². The molecule has 1 fully saturated rings. The number of methoxy groups -OCH3 is 1. The largest absolute Gasteiger partial charge is 0.469 e. The van der Waals surface area contributed by atoms with E-state index in [1.54, 1.807) is 0 Å². The molecular weight excluding hydrogens is 242 g/mol.